The summed E-state index contributed by atoms with van der Waals surface area (Å²) < 4.78 is 0. The van der Waals surface area contributed by atoms with Crippen LogP contribution in [0.1, 0.15) is 130 Å². The SMILES string of the molecule is CCCCCCCCCCNC(C)NC(C)NCCCCCCCCCC. The van der Waals surface area contributed by atoms with Crippen LogP contribution < -0.4 is 16.0 Å². The summed E-state index contributed by atoms with van der Waals surface area (Å²) in [4.78, 5) is 0. The quantitative estimate of drug-likeness (QED) is 0.143. The van der Waals surface area contributed by atoms with Gasteiger partial charge in [0.2, 0.25) is 0 Å². The average Bonchev–Trinajstić information content (AvgIpc) is 2.65. The Hall–Kier alpha value is -0.120. The van der Waals surface area contributed by atoms with Gasteiger partial charge in [0, 0.05) is 0 Å². The van der Waals surface area contributed by atoms with Gasteiger partial charge in [0.1, 0.15) is 0 Å². The van der Waals surface area contributed by atoms with E-state index in [9.17, 15) is 0 Å². The van der Waals surface area contributed by atoms with E-state index in [1.165, 1.54) is 103 Å². The first-order valence-electron chi connectivity index (χ1n) is 12.4. The second-order valence-corrected chi connectivity index (χ2v) is 8.47. The van der Waals surface area contributed by atoms with E-state index < -0.39 is 0 Å². The largest absolute Gasteiger partial charge is 0.302 e. The molecule has 0 radical (unpaired) electrons. The van der Waals surface area contributed by atoms with Crippen LogP contribution in [0.25, 0.3) is 0 Å². The fourth-order valence-corrected chi connectivity index (χ4v) is 3.65. The Labute approximate surface area is 172 Å². The molecule has 0 rings (SSSR count). The summed E-state index contributed by atoms with van der Waals surface area (Å²) in [5, 5.41) is 10.8. The summed E-state index contributed by atoms with van der Waals surface area (Å²) in [5.41, 5.74) is 0. The monoisotopic (exact) mass is 383 g/mol. The van der Waals surface area contributed by atoms with Gasteiger partial charge >= 0.3 is 0 Å². The summed E-state index contributed by atoms with van der Waals surface area (Å²) in [7, 11) is 0. The molecule has 0 aliphatic rings. The molecule has 3 N–H and O–H groups in total. The lowest BCUT2D eigenvalue weighted by molar-refractivity contribution is 0.357. The molecule has 0 aromatic rings. The molecule has 2 unspecified atom stereocenters. The normalized spacial score (nSPS) is 13.8. The van der Waals surface area contributed by atoms with E-state index in [-0.39, 0.29) is 0 Å². The third-order valence-electron chi connectivity index (χ3n) is 5.46. The van der Waals surface area contributed by atoms with Crippen molar-refractivity contribution in [2.75, 3.05) is 13.1 Å². The van der Waals surface area contributed by atoms with E-state index in [1.54, 1.807) is 0 Å². The fourth-order valence-electron chi connectivity index (χ4n) is 3.65. The Morgan fingerprint density at radius 1 is 0.444 bits per heavy atom. The highest BCUT2D eigenvalue weighted by Crippen LogP contribution is 2.08. The lowest BCUT2D eigenvalue weighted by atomic mass is 10.1. The van der Waals surface area contributed by atoms with Gasteiger partial charge in [-0.3, -0.25) is 5.32 Å². The summed E-state index contributed by atoms with van der Waals surface area (Å²) >= 11 is 0. The van der Waals surface area contributed by atoms with Crippen LogP contribution in [0.5, 0.6) is 0 Å². The molecule has 0 fully saturated rings. The lowest BCUT2D eigenvalue weighted by Crippen LogP contribution is -2.50. The minimum absolute atomic E-state index is 0.385. The molecule has 0 saturated heterocycles. The Kier molecular flexibility index (Phi) is 22.1. The first-order valence-corrected chi connectivity index (χ1v) is 12.4. The van der Waals surface area contributed by atoms with Crippen LogP contribution in [0.3, 0.4) is 0 Å². The third kappa shape index (κ3) is 22.0. The second-order valence-electron chi connectivity index (χ2n) is 8.47. The molecule has 0 spiro atoms. The minimum Gasteiger partial charge on any atom is -0.302 e. The number of unbranched alkanes of at least 4 members (excludes halogenated alkanes) is 14. The van der Waals surface area contributed by atoms with Crippen LogP contribution >= 0.6 is 0 Å². The molecule has 0 aliphatic carbocycles. The third-order valence-corrected chi connectivity index (χ3v) is 5.46. The maximum Gasteiger partial charge on any atom is 0.0554 e. The van der Waals surface area contributed by atoms with Crippen LogP contribution in [0, 0.1) is 0 Å². The zero-order chi connectivity index (χ0) is 20.0. The van der Waals surface area contributed by atoms with Crippen LogP contribution in [0.2, 0.25) is 0 Å². The predicted molar refractivity (Wildman–Crippen MR) is 123 cm³/mol. The van der Waals surface area contributed by atoms with Gasteiger partial charge in [0.05, 0.1) is 12.3 Å². The molecule has 0 amide bonds. The van der Waals surface area contributed by atoms with Gasteiger partial charge in [-0.1, -0.05) is 104 Å². The molecule has 0 saturated carbocycles. The molecule has 0 aromatic heterocycles. The summed E-state index contributed by atoms with van der Waals surface area (Å²) in [6.07, 6.45) is 23.0. The van der Waals surface area contributed by atoms with Crippen molar-refractivity contribution < 1.29 is 0 Å². The molecule has 3 nitrogen and oxygen atoms in total. The van der Waals surface area contributed by atoms with Crippen molar-refractivity contribution in [1.82, 2.24) is 16.0 Å². The number of hydrogen-bond acceptors (Lipinski definition) is 3. The minimum atomic E-state index is 0.385. The molecule has 3 heteroatoms. The highest BCUT2D eigenvalue weighted by atomic mass is 15.2. The Bertz CT molecular complexity index is 244. The first kappa shape index (κ1) is 26.9. The molecule has 0 aromatic carbocycles. The van der Waals surface area contributed by atoms with Crippen LogP contribution in [-0.4, -0.2) is 25.4 Å². The van der Waals surface area contributed by atoms with Crippen molar-refractivity contribution in [3.8, 4) is 0 Å². The average molecular weight is 384 g/mol. The first-order chi connectivity index (χ1) is 13.2. The molecule has 2 atom stereocenters. The van der Waals surface area contributed by atoms with Crippen LogP contribution in [0.4, 0.5) is 0 Å². The predicted octanol–water partition coefficient (Wildman–Crippen LogP) is 6.73. The van der Waals surface area contributed by atoms with Crippen molar-refractivity contribution in [3.05, 3.63) is 0 Å². The molecule has 0 bridgehead atoms. The van der Waals surface area contributed by atoms with Crippen molar-refractivity contribution in [2.24, 2.45) is 0 Å². The topological polar surface area (TPSA) is 36.1 Å². The molecular weight excluding hydrogens is 330 g/mol. The zero-order valence-electron chi connectivity index (χ0n) is 19.4. The highest BCUT2D eigenvalue weighted by Gasteiger charge is 2.05. The van der Waals surface area contributed by atoms with Crippen molar-refractivity contribution in [1.29, 1.82) is 0 Å². The van der Waals surface area contributed by atoms with E-state index in [0.29, 0.717) is 12.3 Å². The summed E-state index contributed by atoms with van der Waals surface area (Å²) in [6, 6.07) is 0. The zero-order valence-corrected chi connectivity index (χ0v) is 19.4. The highest BCUT2D eigenvalue weighted by molar-refractivity contribution is 4.64. The fraction of sp³-hybridized carbons (Fsp3) is 1.00. The number of hydrogen-bond donors (Lipinski definition) is 3. The van der Waals surface area contributed by atoms with E-state index >= 15 is 0 Å². The molecule has 0 aliphatic heterocycles. The van der Waals surface area contributed by atoms with Crippen molar-refractivity contribution in [3.63, 3.8) is 0 Å². The van der Waals surface area contributed by atoms with E-state index in [1.807, 2.05) is 0 Å². The molecule has 0 heterocycles. The van der Waals surface area contributed by atoms with Gasteiger partial charge < -0.3 is 10.6 Å². The van der Waals surface area contributed by atoms with Gasteiger partial charge in [0.15, 0.2) is 0 Å². The van der Waals surface area contributed by atoms with Gasteiger partial charge in [-0.15, -0.1) is 0 Å². The summed E-state index contributed by atoms with van der Waals surface area (Å²) in [6.45, 7) is 11.3. The van der Waals surface area contributed by atoms with Crippen molar-refractivity contribution in [2.45, 2.75) is 143 Å². The smallest absolute Gasteiger partial charge is 0.0554 e. The maximum absolute atomic E-state index is 3.61. The van der Waals surface area contributed by atoms with Gasteiger partial charge in [0.25, 0.3) is 0 Å². The van der Waals surface area contributed by atoms with E-state index in [2.05, 4.69) is 43.6 Å². The van der Waals surface area contributed by atoms with E-state index in [4.69, 9.17) is 0 Å². The van der Waals surface area contributed by atoms with Crippen LogP contribution in [-0.2, 0) is 0 Å². The Morgan fingerprint density at radius 2 is 0.741 bits per heavy atom. The lowest BCUT2D eigenvalue weighted by Gasteiger charge is -2.22. The number of rotatable bonds is 22. The molecule has 27 heavy (non-hydrogen) atoms. The maximum atomic E-state index is 3.61. The van der Waals surface area contributed by atoms with Gasteiger partial charge in [-0.2, -0.15) is 0 Å². The second kappa shape index (κ2) is 22.2. The molecule has 164 valence electrons. The molecular formula is C24H53N3. The Morgan fingerprint density at radius 3 is 1.07 bits per heavy atom. The number of nitrogens with one attached hydrogen (secondary N) is 3. The van der Waals surface area contributed by atoms with Crippen LogP contribution in [0.15, 0.2) is 0 Å². The van der Waals surface area contributed by atoms with E-state index in [0.717, 1.165) is 13.1 Å². The standard InChI is InChI=1S/C24H53N3/c1-5-7-9-11-13-15-17-19-21-25-23(3)27-24(4)26-22-20-18-16-14-12-10-8-6-2/h23-27H,5-22H2,1-4H3. The van der Waals surface area contributed by atoms with Gasteiger partial charge in [-0.05, 0) is 39.8 Å². The summed E-state index contributed by atoms with van der Waals surface area (Å²) in [5.74, 6) is 0. The van der Waals surface area contributed by atoms with Crippen molar-refractivity contribution >= 4 is 0 Å². The van der Waals surface area contributed by atoms with Gasteiger partial charge in [-0.25, -0.2) is 0 Å². The Balaban J connectivity index is 3.30.